The summed E-state index contributed by atoms with van der Waals surface area (Å²) in [5.41, 5.74) is 5.57. The van der Waals surface area contributed by atoms with Gasteiger partial charge in [-0.2, -0.15) is 0 Å². The summed E-state index contributed by atoms with van der Waals surface area (Å²) in [6.07, 6.45) is 1.64. The largest absolute Gasteiger partial charge is 0.372 e. The number of rotatable bonds is 5. The Morgan fingerprint density at radius 1 is 1.27 bits per heavy atom. The van der Waals surface area contributed by atoms with Crippen molar-refractivity contribution in [1.82, 2.24) is 0 Å². The predicted molar refractivity (Wildman–Crippen MR) is 54.5 cm³/mol. The molecule has 2 unspecified atom stereocenters. The molecule has 5 heteroatoms. The lowest BCUT2D eigenvalue weighted by Crippen LogP contribution is -2.38. The second-order valence-corrected chi connectivity index (χ2v) is 3.52. The highest BCUT2D eigenvalue weighted by Crippen LogP contribution is 2.07. The number of hydrogen-bond acceptors (Lipinski definition) is 5. The summed E-state index contributed by atoms with van der Waals surface area (Å²) < 4.78 is 0. The zero-order valence-corrected chi connectivity index (χ0v) is 9.49. The van der Waals surface area contributed by atoms with Gasteiger partial charge in [0, 0.05) is 6.42 Å². The van der Waals surface area contributed by atoms with Gasteiger partial charge >= 0.3 is 11.9 Å². The fourth-order valence-electron chi connectivity index (χ4n) is 0.875. The first-order valence-corrected chi connectivity index (χ1v) is 5.19. The molecule has 0 aliphatic rings. The maximum absolute atomic E-state index is 11.2. The van der Waals surface area contributed by atoms with Crippen LogP contribution in [0.25, 0.3) is 0 Å². The van der Waals surface area contributed by atoms with E-state index in [4.69, 9.17) is 5.73 Å². The van der Waals surface area contributed by atoms with Gasteiger partial charge < -0.3 is 5.73 Å². The summed E-state index contributed by atoms with van der Waals surface area (Å²) in [4.78, 5) is 30.7. The summed E-state index contributed by atoms with van der Waals surface area (Å²) in [6.45, 7) is 5.58. The lowest BCUT2D eigenvalue weighted by molar-refractivity contribution is -0.260. The quantitative estimate of drug-likeness (QED) is 0.552. The van der Waals surface area contributed by atoms with Crippen LogP contribution in [0.3, 0.4) is 0 Å². The topological polar surface area (TPSA) is 78.6 Å². The number of nitrogens with two attached hydrogens (primary N) is 1. The van der Waals surface area contributed by atoms with E-state index in [0.29, 0.717) is 6.42 Å². The van der Waals surface area contributed by atoms with Crippen molar-refractivity contribution in [2.24, 2.45) is 11.7 Å². The molecule has 0 radical (unpaired) electrons. The smallest absolute Gasteiger partial charge is 0.318 e. The molecule has 88 valence electrons. The van der Waals surface area contributed by atoms with E-state index in [1.807, 2.05) is 20.8 Å². The van der Waals surface area contributed by atoms with Crippen LogP contribution in [0, 0.1) is 5.92 Å². The van der Waals surface area contributed by atoms with Gasteiger partial charge in [0.25, 0.3) is 0 Å². The molecule has 0 aliphatic heterocycles. The van der Waals surface area contributed by atoms with Crippen LogP contribution in [0.1, 0.15) is 40.0 Å². The molecule has 0 aliphatic carbocycles. The van der Waals surface area contributed by atoms with E-state index >= 15 is 0 Å². The molecule has 0 bridgehead atoms. The van der Waals surface area contributed by atoms with Crippen molar-refractivity contribution >= 4 is 11.9 Å². The average Bonchev–Trinajstić information content (AvgIpc) is 2.24. The highest BCUT2D eigenvalue weighted by molar-refractivity contribution is 5.77. The van der Waals surface area contributed by atoms with Crippen LogP contribution in [0.15, 0.2) is 0 Å². The van der Waals surface area contributed by atoms with Crippen molar-refractivity contribution in [3.05, 3.63) is 0 Å². The number of carbonyl (C=O) groups excluding carboxylic acids is 2. The molecule has 0 aromatic heterocycles. The molecule has 0 saturated heterocycles. The highest BCUT2D eigenvalue weighted by atomic mass is 17.2. The molecular formula is C10H19NO4. The van der Waals surface area contributed by atoms with Gasteiger partial charge in [-0.15, -0.1) is 0 Å². The molecule has 5 nitrogen and oxygen atoms in total. The van der Waals surface area contributed by atoms with E-state index < -0.39 is 18.0 Å². The fourth-order valence-corrected chi connectivity index (χ4v) is 0.875. The van der Waals surface area contributed by atoms with Gasteiger partial charge in [-0.05, 0) is 12.3 Å². The minimum absolute atomic E-state index is 0.00220. The Balaban J connectivity index is 3.88. The Morgan fingerprint density at radius 3 is 2.33 bits per heavy atom. The van der Waals surface area contributed by atoms with E-state index in [1.54, 1.807) is 0 Å². The molecular weight excluding hydrogens is 198 g/mol. The third-order valence-corrected chi connectivity index (χ3v) is 2.20. The molecule has 0 spiro atoms. The molecule has 15 heavy (non-hydrogen) atoms. The highest BCUT2D eigenvalue weighted by Gasteiger charge is 2.23. The lowest BCUT2D eigenvalue weighted by Gasteiger charge is -2.14. The van der Waals surface area contributed by atoms with E-state index in [0.717, 1.165) is 6.42 Å². The van der Waals surface area contributed by atoms with Crippen molar-refractivity contribution in [2.75, 3.05) is 0 Å². The van der Waals surface area contributed by atoms with Crippen molar-refractivity contribution in [1.29, 1.82) is 0 Å². The van der Waals surface area contributed by atoms with Crippen molar-refractivity contribution in [3.63, 3.8) is 0 Å². The maximum Gasteiger partial charge on any atom is 0.372 e. The normalized spacial score (nSPS) is 14.1. The zero-order valence-electron chi connectivity index (χ0n) is 9.49. The molecule has 0 saturated carbocycles. The Morgan fingerprint density at radius 2 is 1.87 bits per heavy atom. The van der Waals surface area contributed by atoms with Crippen LogP contribution in [0.5, 0.6) is 0 Å². The summed E-state index contributed by atoms with van der Waals surface area (Å²) >= 11 is 0. The first-order chi connectivity index (χ1) is 7.02. The van der Waals surface area contributed by atoms with Crippen LogP contribution in [0.4, 0.5) is 0 Å². The van der Waals surface area contributed by atoms with Gasteiger partial charge in [-0.25, -0.2) is 19.4 Å². The molecule has 0 rings (SSSR count). The maximum atomic E-state index is 11.2. The molecule has 0 aromatic carbocycles. The second kappa shape index (κ2) is 7.23. The zero-order chi connectivity index (χ0) is 11.8. The summed E-state index contributed by atoms with van der Waals surface area (Å²) in [6, 6.07) is -0.746. The Kier molecular flexibility index (Phi) is 6.70. The van der Waals surface area contributed by atoms with Gasteiger partial charge in [0.2, 0.25) is 0 Å². The Labute approximate surface area is 89.8 Å². The van der Waals surface area contributed by atoms with Gasteiger partial charge in [-0.1, -0.05) is 27.2 Å². The van der Waals surface area contributed by atoms with Crippen LogP contribution in [-0.4, -0.2) is 18.0 Å². The van der Waals surface area contributed by atoms with Crippen LogP contribution in [0.2, 0.25) is 0 Å². The summed E-state index contributed by atoms with van der Waals surface area (Å²) in [7, 11) is 0. The van der Waals surface area contributed by atoms with Gasteiger partial charge in [0.1, 0.15) is 6.04 Å². The molecule has 0 heterocycles. The van der Waals surface area contributed by atoms with Gasteiger partial charge in [0.15, 0.2) is 0 Å². The average molecular weight is 217 g/mol. The van der Waals surface area contributed by atoms with E-state index in [2.05, 4.69) is 9.78 Å². The monoisotopic (exact) mass is 217 g/mol. The Hall–Kier alpha value is -1.10. The van der Waals surface area contributed by atoms with Gasteiger partial charge in [0.05, 0.1) is 0 Å². The standard InChI is InChI=1S/C10H19NO4/c1-4-6-8(12)14-15-10(13)9(11)7(3)5-2/h7,9H,4-6,11H2,1-3H3. The summed E-state index contributed by atoms with van der Waals surface area (Å²) in [5, 5.41) is 0. The van der Waals surface area contributed by atoms with E-state index in [-0.39, 0.29) is 12.3 Å². The third kappa shape index (κ3) is 5.37. The second-order valence-electron chi connectivity index (χ2n) is 3.52. The Bertz CT molecular complexity index is 217. The van der Waals surface area contributed by atoms with Crippen molar-refractivity contribution in [3.8, 4) is 0 Å². The SMILES string of the molecule is CCCC(=O)OOC(=O)C(N)C(C)CC. The molecule has 2 atom stereocenters. The number of carbonyl (C=O) groups is 2. The first-order valence-electron chi connectivity index (χ1n) is 5.19. The first kappa shape index (κ1) is 13.9. The predicted octanol–water partition coefficient (Wildman–Crippen LogP) is 1.16. The lowest BCUT2D eigenvalue weighted by atomic mass is 10.0. The molecule has 2 N–H and O–H groups in total. The summed E-state index contributed by atoms with van der Waals surface area (Å²) in [5.74, 6) is -1.25. The molecule has 0 amide bonds. The minimum Gasteiger partial charge on any atom is -0.318 e. The van der Waals surface area contributed by atoms with E-state index in [9.17, 15) is 9.59 Å². The van der Waals surface area contributed by atoms with Crippen molar-refractivity contribution in [2.45, 2.75) is 46.1 Å². The van der Waals surface area contributed by atoms with Crippen LogP contribution < -0.4 is 5.73 Å². The van der Waals surface area contributed by atoms with Crippen molar-refractivity contribution < 1.29 is 19.4 Å². The van der Waals surface area contributed by atoms with Crippen LogP contribution >= 0.6 is 0 Å². The number of hydrogen-bond donors (Lipinski definition) is 1. The van der Waals surface area contributed by atoms with E-state index in [1.165, 1.54) is 0 Å². The molecule has 0 aromatic rings. The van der Waals surface area contributed by atoms with Gasteiger partial charge in [-0.3, -0.25) is 0 Å². The fraction of sp³-hybridized carbons (Fsp3) is 0.800. The third-order valence-electron chi connectivity index (χ3n) is 2.20. The van der Waals surface area contributed by atoms with Crippen LogP contribution in [-0.2, 0) is 19.4 Å². The minimum atomic E-state index is -0.746. The molecule has 0 fully saturated rings.